The number of nitrogens with zero attached hydrogens (tertiary/aromatic N) is 3. The third-order valence-corrected chi connectivity index (χ3v) is 4.04. The summed E-state index contributed by atoms with van der Waals surface area (Å²) >= 11 is 0. The maximum absolute atomic E-state index is 13.8. The van der Waals surface area contributed by atoms with Gasteiger partial charge in [-0.25, -0.2) is 14.4 Å². The van der Waals surface area contributed by atoms with E-state index in [0.717, 1.165) is 23.6 Å². The molecule has 27 heavy (non-hydrogen) atoms. The highest BCUT2D eigenvalue weighted by atomic mass is 127. The van der Waals surface area contributed by atoms with Crippen LogP contribution < -0.4 is 15.5 Å². The van der Waals surface area contributed by atoms with Crippen LogP contribution in [0, 0.1) is 12.7 Å². The lowest BCUT2D eigenvalue weighted by Gasteiger charge is -2.18. The van der Waals surface area contributed by atoms with Crippen LogP contribution in [0.25, 0.3) is 0 Å². The standard InChI is InChI=1S/C20H28FN5.HI/c1-6-22-20(23-13-17-8-7-9-19(25-17)26(4)5)24-15(3)16-11-10-14(2)18(21)12-16;/h7-12,15H,6,13H2,1-5H3,(H2,22,23,24);1H. The van der Waals surface area contributed by atoms with Gasteiger partial charge in [-0.2, -0.15) is 0 Å². The van der Waals surface area contributed by atoms with Gasteiger partial charge in [0.2, 0.25) is 0 Å². The van der Waals surface area contributed by atoms with Gasteiger partial charge >= 0.3 is 0 Å². The first-order valence-electron chi connectivity index (χ1n) is 8.85. The van der Waals surface area contributed by atoms with Crippen molar-refractivity contribution in [1.82, 2.24) is 15.6 Å². The fraction of sp³-hybridized carbons (Fsp3) is 0.400. The molecule has 0 amide bonds. The third kappa shape index (κ3) is 6.97. The molecule has 1 heterocycles. The molecule has 0 aliphatic rings. The van der Waals surface area contributed by atoms with Crippen molar-refractivity contribution in [2.45, 2.75) is 33.4 Å². The number of pyridine rings is 1. The second-order valence-corrected chi connectivity index (χ2v) is 6.45. The Kier molecular flexibility index (Phi) is 9.48. The van der Waals surface area contributed by atoms with E-state index in [1.807, 2.05) is 57.1 Å². The zero-order valence-corrected chi connectivity index (χ0v) is 18.9. The molecule has 0 saturated heterocycles. The predicted molar refractivity (Wildman–Crippen MR) is 121 cm³/mol. The molecule has 2 N–H and O–H groups in total. The summed E-state index contributed by atoms with van der Waals surface area (Å²) in [6.45, 7) is 6.97. The lowest BCUT2D eigenvalue weighted by Crippen LogP contribution is -2.38. The molecule has 5 nitrogen and oxygen atoms in total. The molecule has 0 saturated carbocycles. The van der Waals surface area contributed by atoms with Gasteiger partial charge in [-0.05, 0) is 50.1 Å². The summed E-state index contributed by atoms with van der Waals surface area (Å²) in [7, 11) is 3.92. The van der Waals surface area contributed by atoms with Crippen LogP contribution in [0.3, 0.4) is 0 Å². The van der Waals surface area contributed by atoms with E-state index in [0.29, 0.717) is 18.1 Å². The smallest absolute Gasteiger partial charge is 0.192 e. The summed E-state index contributed by atoms with van der Waals surface area (Å²) < 4.78 is 13.8. The van der Waals surface area contributed by atoms with Crippen molar-refractivity contribution in [1.29, 1.82) is 0 Å². The van der Waals surface area contributed by atoms with Crippen LogP contribution in [-0.2, 0) is 6.54 Å². The zero-order valence-electron chi connectivity index (χ0n) is 16.6. The molecule has 1 unspecified atom stereocenters. The molecule has 148 valence electrons. The zero-order chi connectivity index (χ0) is 19.1. The number of hydrogen-bond acceptors (Lipinski definition) is 3. The molecule has 0 aliphatic heterocycles. The summed E-state index contributed by atoms with van der Waals surface area (Å²) in [6.07, 6.45) is 0. The largest absolute Gasteiger partial charge is 0.363 e. The van der Waals surface area contributed by atoms with Crippen molar-refractivity contribution < 1.29 is 4.39 Å². The van der Waals surface area contributed by atoms with E-state index >= 15 is 0 Å². The fourth-order valence-electron chi connectivity index (χ4n) is 2.45. The quantitative estimate of drug-likeness (QED) is 0.369. The molecule has 7 heteroatoms. The second-order valence-electron chi connectivity index (χ2n) is 6.45. The van der Waals surface area contributed by atoms with Gasteiger partial charge in [0.15, 0.2) is 5.96 Å². The Hall–Kier alpha value is -1.90. The average Bonchev–Trinajstić information content (AvgIpc) is 2.62. The Balaban J connectivity index is 0.00000364. The van der Waals surface area contributed by atoms with E-state index in [2.05, 4.69) is 20.6 Å². The summed E-state index contributed by atoms with van der Waals surface area (Å²) in [5, 5.41) is 6.55. The van der Waals surface area contributed by atoms with Gasteiger partial charge in [0.25, 0.3) is 0 Å². The molecule has 1 aromatic heterocycles. The summed E-state index contributed by atoms with van der Waals surface area (Å²) in [5.41, 5.74) is 2.42. The first-order valence-corrected chi connectivity index (χ1v) is 8.85. The maximum atomic E-state index is 13.8. The van der Waals surface area contributed by atoms with Crippen LogP contribution in [-0.4, -0.2) is 31.6 Å². The SMILES string of the molecule is CCNC(=NCc1cccc(N(C)C)n1)NC(C)c1ccc(C)c(F)c1.I. The normalized spacial score (nSPS) is 12.1. The van der Waals surface area contributed by atoms with Crippen molar-refractivity contribution in [3.8, 4) is 0 Å². The summed E-state index contributed by atoms with van der Waals surface area (Å²) in [6, 6.07) is 11.1. The highest BCUT2D eigenvalue weighted by Crippen LogP contribution is 2.16. The van der Waals surface area contributed by atoms with Crippen molar-refractivity contribution in [3.63, 3.8) is 0 Å². The van der Waals surface area contributed by atoms with E-state index in [1.165, 1.54) is 0 Å². The Labute approximate surface area is 178 Å². The van der Waals surface area contributed by atoms with Crippen LogP contribution in [0.15, 0.2) is 41.4 Å². The molecule has 2 aromatic rings. The molecular formula is C20H29FIN5. The van der Waals surface area contributed by atoms with E-state index in [-0.39, 0.29) is 35.8 Å². The van der Waals surface area contributed by atoms with E-state index in [4.69, 9.17) is 0 Å². The minimum atomic E-state index is -0.192. The number of hydrogen-bond donors (Lipinski definition) is 2. The Morgan fingerprint density at radius 2 is 2.00 bits per heavy atom. The third-order valence-electron chi connectivity index (χ3n) is 4.04. The number of benzene rings is 1. The molecule has 0 spiro atoms. The van der Waals surface area contributed by atoms with Crippen molar-refractivity contribution in [3.05, 3.63) is 59.0 Å². The van der Waals surface area contributed by atoms with Crippen molar-refractivity contribution in [2.75, 3.05) is 25.5 Å². The highest BCUT2D eigenvalue weighted by molar-refractivity contribution is 14.0. The van der Waals surface area contributed by atoms with Crippen LogP contribution in [0.4, 0.5) is 10.2 Å². The lowest BCUT2D eigenvalue weighted by atomic mass is 10.1. The number of aliphatic imine (C=N–C) groups is 1. The molecule has 1 aromatic carbocycles. The average molecular weight is 485 g/mol. The van der Waals surface area contributed by atoms with Gasteiger partial charge in [0, 0.05) is 20.6 Å². The van der Waals surface area contributed by atoms with Crippen LogP contribution in [0.1, 0.15) is 36.7 Å². The van der Waals surface area contributed by atoms with Crippen LogP contribution in [0.5, 0.6) is 0 Å². The Morgan fingerprint density at radius 1 is 1.26 bits per heavy atom. The minimum absolute atomic E-state index is 0. The first kappa shape index (κ1) is 23.1. The number of aromatic nitrogens is 1. The van der Waals surface area contributed by atoms with Crippen LogP contribution in [0.2, 0.25) is 0 Å². The molecular weight excluding hydrogens is 456 g/mol. The number of rotatable bonds is 6. The summed E-state index contributed by atoms with van der Waals surface area (Å²) in [5.74, 6) is 1.39. The highest BCUT2D eigenvalue weighted by Gasteiger charge is 2.10. The monoisotopic (exact) mass is 485 g/mol. The predicted octanol–water partition coefficient (Wildman–Crippen LogP) is 4.03. The molecule has 0 fully saturated rings. The lowest BCUT2D eigenvalue weighted by molar-refractivity contribution is 0.607. The molecule has 0 aliphatic carbocycles. The molecule has 2 rings (SSSR count). The number of anilines is 1. The molecule has 0 radical (unpaired) electrons. The van der Waals surface area contributed by atoms with Gasteiger partial charge in [0.1, 0.15) is 11.6 Å². The second kappa shape index (κ2) is 11.1. The van der Waals surface area contributed by atoms with Gasteiger partial charge in [-0.3, -0.25) is 0 Å². The van der Waals surface area contributed by atoms with Gasteiger partial charge in [-0.15, -0.1) is 24.0 Å². The van der Waals surface area contributed by atoms with Crippen molar-refractivity contribution in [2.24, 2.45) is 4.99 Å². The molecule has 0 bridgehead atoms. The number of halogens is 2. The topological polar surface area (TPSA) is 52.6 Å². The van der Waals surface area contributed by atoms with Crippen molar-refractivity contribution >= 4 is 35.8 Å². The van der Waals surface area contributed by atoms with E-state index in [1.54, 1.807) is 19.1 Å². The van der Waals surface area contributed by atoms with Gasteiger partial charge in [-0.1, -0.05) is 18.2 Å². The maximum Gasteiger partial charge on any atom is 0.192 e. The minimum Gasteiger partial charge on any atom is -0.363 e. The Bertz CT molecular complexity index is 764. The van der Waals surface area contributed by atoms with E-state index < -0.39 is 0 Å². The number of nitrogens with one attached hydrogen (secondary N) is 2. The van der Waals surface area contributed by atoms with Gasteiger partial charge < -0.3 is 15.5 Å². The number of guanidine groups is 1. The Morgan fingerprint density at radius 3 is 2.63 bits per heavy atom. The fourth-order valence-corrected chi connectivity index (χ4v) is 2.45. The van der Waals surface area contributed by atoms with Crippen LogP contribution >= 0.6 is 24.0 Å². The summed E-state index contributed by atoms with van der Waals surface area (Å²) in [4.78, 5) is 11.1. The number of aryl methyl sites for hydroxylation is 1. The van der Waals surface area contributed by atoms with E-state index in [9.17, 15) is 4.39 Å². The molecule has 1 atom stereocenters. The van der Waals surface area contributed by atoms with Gasteiger partial charge in [0.05, 0.1) is 18.3 Å². The first-order chi connectivity index (χ1) is 12.4.